The van der Waals surface area contributed by atoms with Crippen LogP contribution in [-0.4, -0.2) is 12.1 Å². The van der Waals surface area contributed by atoms with Crippen molar-refractivity contribution in [2.75, 3.05) is 0 Å². The Balaban J connectivity index is 4.15. The van der Waals surface area contributed by atoms with E-state index in [1.54, 1.807) is 6.92 Å². The van der Waals surface area contributed by atoms with Gasteiger partial charge in [-0.05, 0) is 13.3 Å². The zero-order valence-electron chi connectivity index (χ0n) is 6.73. The van der Waals surface area contributed by atoms with Crippen LogP contribution >= 0.6 is 0 Å². The number of rotatable bonds is 3. The van der Waals surface area contributed by atoms with Crippen LogP contribution in [0.5, 0.6) is 0 Å². The van der Waals surface area contributed by atoms with E-state index in [1.807, 2.05) is 0 Å². The molecule has 0 aliphatic heterocycles. The maximum atomic E-state index is 12.1. The molecule has 0 N–H and O–H groups in total. The molecule has 2 nitrogen and oxygen atoms in total. The average Bonchev–Trinajstić information content (AvgIpc) is 2.02. The molecule has 0 spiro atoms. The second kappa shape index (κ2) is 4.79. The van der Waals surface area contributed by atoms with Crippen LogP contribution in [0.3, 0.4) is 0 Å². The summed E-state index contributed by atoms with van der Waals surface area (Å²) in [5.41, 5.74) is 0. The smallest absolute Gasteiger partial charge is 0.373 e. The van der Waals surface area contributed by atoms with Gasteiger partial charge in [-0.3, -0.25) is 0 Å². The summed E-state index contributed by atoms with van der Waals surface area (Å²) in [6.45, 7) is 3.17. The average molecular weight is 182 g/mol. The summed E-state index contributed by atoms with van der Waals surface area (Å²) >= 11 is 0. The summed E-state index contributed by atoms with van der Waals surface area (Å²) in [5.74, 6) is -3.72. The molecule has 0 aliphatic rings. The Morgan fingerprint density at radius 1 is 1.42 bits per heavy atom. The number of carbonyl (C=O) groups is 1. The van der Waals surface area contributed by atoms with Gasteiger partial charge in [0, 0.05) is 0 Å². The van der Waals surface area contributed by atoms with E-state index in [1.165, 1.54) is 6.92 Å². The molecule has 0 saturated heterocycles. The SMILES string of the molecule is CCC(C)OC(=O)C(F)=C(F)F. The van der Waals surface area contributed by atoms with Crippen LogP contribution in [0.1, 0.15) is 20.3 Å². The predicted octanol–water partition coefficient (Wildman–Crippen LogP) is 2.41. The summed E-state index contributed by atoms with van der Waals surface area (Å²) < 4.78 is 39.2. The van der Waals surface area contributed by atoms with Gasteiger partial charge in [-0.2, -0.15) is 13.2 Å². The van der Waals surface area contributed by atoms with Crippen LogP contribution in [0.2, 0.25) is 0 Å². The minimum atomic E-state index is -2.65. The third-order valence-electron chi connectivity index (χ3n) is 1.23. The Bertz CT molecular complexity index is 197. The Kier molecular flexibility index (Phi) is 4.39. The lowest BCUT2D eigenvalue weighted by Gasteiger charge is -2.08. The summed E-state index contributed by atoms with van der Waals surface area (Å²) in [6.07, 6.45) is -2.75. The van der Waals surface area contributed by atoms with Gasteiger partial charge in [0.05, 0.1) is 6.10 Å². The number of carbonyl (C=O) groups excluding carboxylic acids is 1. The predicted molar refractivity (Wildman–Crippen MR) is 36.2 cm³/mol. The first-order chi connectivity index (χ1) is 5.49. The van der Waals surface area contributed by atoms with Gasteiger partial charge >= 0.3 is 12.0 Å². The molecule has 12 heavy (non-hydrogen) atoms. The van der Waals surface area contributed by atoms with Crippen molar-refractivity contribution >= 4 is 5.97 Å². The summed E-state index contributed by atoms with van der Waals surface area (Å²) in [5, 5.41) is 0. The van der Waals surface area contributed by atoms with Gasteiger partial charge in [0.15, 0.2) is 0 Å². The van der Waals surface area contributed by atoms with Crippen LogP contribution in [0, 0.1) is 0 Å². The number of halogens is 3. The lowest BCUT2D eigenvalue weighted by atomic mass is 10.3. The van der Waals surface area contributed by atoms with Gasteiger partial charge in [-0.25, -0.2) is 4.79 Å². The van der Waals surface area contributed by atoms with Crippen molar-refractivity contribution in [3.63, 3.8) is 0 Å². The molecule has 0 aromatic rings. The Labute approximate surface area is 68.0 Å². The number of ether oxygens (including phenoxy) is 1. The third kappa shape index (κ3) is 3.41. The van der Waals surface area contributed by atoms with Crippen LogP contribution in [-0.2, 0) is 9.53 Å². The standard InChI is InChI=1S/C7H9F3O2/c1-3-4(2)12-7(11)5(8)6(9)10/h4H,3H2,1-2H3. The van der Waals surface area contributed by atoms with Crippen LogP contribution in [0.25, 0.3) is 0 Å². The fraction of sp³-hybridized carbons (Fsp3) is 0.571. The van der Waals surface area contributed by atoms with E-state index < -0.39 is 24.0 Å². The highest BCUT2D eigenvalue weighted by Gasteiger charge is 2.18. The summed E-state index contributed by atoms with van der Waals surface area (Å²) in [4.78, 5) is 10.4. The second-order valence-corrected chi connectivity index (χ2v) is 2.20. The number of hydrogen-bond donors (Lipinski definition) is 0. The molecule has 0 aromatic carbocycles. The molecule has 1 atom stereocenters. The number of esters is 1. The zero-order valence-corrected chi connectivity index (χ0v) is 6.73. The van der Waals surface area contributed by atoms with Crippen molar-refractivity contribution in [1.29, 1.82) is 0 Å². The first-order valence-electron chi connectivity index (χ1n) is 3.40. The Hall–Kier alpha value is -1.00. The molecule has 0 bridgehead atoms. The topological polar surface area (TPSA) is 26.3 Å². The molecule has 1 unspecified atom stereocenters. The van der Waals surface area contributed by atoms with Gasteiger partial charge in [0.2, 0.25) is 0 Å². The van der Waals surface area contributed by atoms with Crippen molar-refractivity contribution < 1.29 is 22.7 Å². The summed E-state index contributed by atoms with van der Waals surface area (Å²) in [7, 11) is 0. The van der Waals surface area contributed by atoms with Crippen molar-refractivity contribution in [3.05, 3.63) is 11.9 Å². The molecule has 0 aromatic heterocycles. The van der Waals surface area contributed by atoms with Crippen LogP contribution in [0.15, 0.2) is 11.9 Å². The second-order valence-electron chi connectivity index (χ2n) is 2.20. The Morgan fingerprint density at radius 3 is 2.25 bits per heavy atom. The third-order valence-corrected chi connectivity index (χ3v) is 1.23. The van der Waals surface area contributed by atoms with E-state index in [4.69, 9.17) is 0 Å². The maximum absolute atomic E-state index is 12.1. The largest absolute Gasteiger partial charge is 0.457 e. The van der Waals surface area contributed by atoms with Gasteiger partial charge in [-0.15, -0.1) is 0 Å². The fourth-order valence-corrected chi connectivity index (χ4v) is 0.395. The van der Waals surface area contributed by atoms with Crippen LogP contribution in [0.4, 0.5) is 13.2 Å². The molecule has 0 rings (SSSR count). The molecule has 70 valence electrons. The van der Waals surface area contributed by atoms with E-state index in [0.29, 0.717) is 6.42 Å². The van der Waals surface area contributed by atoms with Crippen molar-refractivity contribution in [2.24, 2.45) is 0 Å². The van der Waals surface area contributed by atoms with Gasteiger partial charge in [0.1, 0.15) is 0 Å². The van der Waals surface area contributed by atoms with Crippen molar-refractivity contribution in [3.8, 4) is 0 Å². The zero-order chi connectivity index (χ0) is 9.72. The quantitative estimate of drug-likeness (QED) is 0.494. The summed E-state index contributed by atoms with van der Waals surface area (Å²) in [6, 6.07) is 0. The highest BCUT2D eigenvalue weighted by molar-refractivity contribution is 5.86. The van der Waals surface area contributed by atoms with Gasteiger partial charge in [0.25, 0.3) is 5.83 Å². The minimum absolute atomic E-state index is 0.451. The minimum Gasteiger partial charge on any atom is -0.457 e. The van der Waals surface area contributed by atoms with E-state index >= 15 is 0 Å². The van der Waals surface area contributed by atoms with Gasteiger partial charge < -0.3 is 4.74 Å². The highest BCUT2D eigenvalue weighted by atomic mass is 19.3. The Morgan fingerprint density at radius 2 is 1.92 bits per heavy atom. The van der Waals surface area contributed by atoms with Crippen molar-refractivity contribution in [1.82, 2.24) is 0 Å². The number of hydrogen-bond acceptors (Lipinski definition) is 2. The maximum Gasteiger partial charge on any atom is 0.373 e. The molecule has 0 saturated carbocycles. The lowest BCUT2D eigenvalue weighted by molar-refractivity contribution is -0.145. The monoisotopic (exact) mass is 182 g/mol. The first-order valence-corrected chi connectivity index (χ1v) is 3.40. The van der Waals surface area contributed by atoms with E-state index in [-0.39, 0.29) is 0 Å². The van der Waals surface area contributed by atoms with Crippen molar-refractivity contribution in [2.45, 2.75) is 26.4 Å². The van der Waals surface area contributed by atoms with Crippen LogP contribution < -0.4 is 0 Å². The molecule has 0 amide bonds. The highest BCUT2D eigenvalue weighted by Crippen LogP contribution is 2.12. The molecular formula is C7H9F3O2. The van der Waals surface area contributed by atoms with E-state index in [2.05, 4.69) is 4.74 Å². The van der Waals surface area contributed by atoms with E-state index in [0.717, 1.165) is 0 Å². The fourth-order valence-electron chi connectivity index (χ4n) is 0.395. The molecular weight excluding hydrogens is 173 g/mol. The lowest BCUT2D eigenvalue weighted by Crippen LogP contribution is -2.14. The molecule has 5 heteroatoms. The molecule has 0 aliphatic carbocycles. The van der Waals surface area contributed by atoms with Gasteiger partial charge in [-0.1, -0.05) is 6.92 Å². The molecule has 0 heterocycles. The first kappa shape index (κ1) is 11.0. The normalized spacial score (nSPS) is 12.1. The molecule has 0 radical (unpaired) electrons. The van der Waals surface area contributed by atoms with E-state index in [9.17, 15) is 18.0 Å². The molecule has 0 fully saturated rings.